The Labute approximate surface area is 127 Å². The highest BCUT2D eigenvalue weighted by Gasteiger charge is 2.30. The predicted octanol–water partition coefficient (Wildman–Crippen LogP) is 2.75. The van der Waals surface area contributed by atoms with Crippen molar-refractivity contribution in [2.75, 3.05) is 32.1 Å². The number of nitrogens with one attached hydrogen (secondary N) is 1. The fraction of sp³-hybridized carbons (Fsp3) is 0.533. The smallest absolute Gasteiger partial charge is 0.380 e. The fourth-order valence-corrected chi connectivity index (χ4v) is 2.53. The van der Waals surface area contributed by atoms with E-state index >= 15 is 0 Å². The quantitative estimate of drug-likeness (QED) is 0.929. The third kappa shape index (κ3) is 4.71. The molecule has 0 aromatic heterocycles. The predicted molar refractivity (Wildman–Crippen MR) is 76.5 cm³/mol. The number of alkyl halides is 3. The van der Waals surface area contributed by atoms with Gasteiger partial charge in [0.1, 0.15) is 0 Å². The Morgan fingerprint density at radius 1 is 1.45 bits per heavy atom. The van der Waals surface area contributed by atoms with Gasteiger partial charge in [0.2, 0.25) is 5.91 Å². The van der Waals surface area contributed by atoms with Gasteiger partial charge in [-0.2, -0.15) is 13.2 Å². The minimum Gasteiger partial charge on any atom is -0.380 e. The van der Waals surface area contributed by atoms with Gasteiger partial charge in [0.15, 0.2) is 0 Å². The summed E-state index contributed by atoms with van der Waals surface area (Å²) in [5, 5.41) is 2.51. The number of likely N-dealkylation sites (tertiary alicyclic amines) is 1. The molecule has 0 radical (unpaired) electrons. The normalized spacial score (nSPS) is 19.9. The second-order valence-corrected chi connectivity index (χ2v) is 5.36. The molecule has 1 N–H and O–H groups in total. The molecule has 7 heteroatoms. The Kier molecular flexibility index (Phi) is 5.42. The Bertz CT molecular complexity index is 520. The SMILES string of the molecule is COC1CCCN(CC(=O)Nc2cccc(C(F)(F)F)c2)C1. The molecular weight excluding hydrogens is 297 g/mol. The molecular formula is C15H19F3N2O2. The van der Waals surface area contributed by atoms with E-state index in [-0.39, 0.29) is 24.2 Å². The molecule has 0 saturated carbocycles. The standard InChI is InChI=1S/C15H19F3N2O2/c1-22-13-6-3-7-20(9-13)10-14(21)19-12-5-2-4-11(8-12)15(16,17)18/h2,4-5,8,13H,3,6-7,9-10H2,1H3,(H,19,21). The van der Waals surface area contributed by atoms with E-state index < -0.39 is 11.7 Å². The lowest BCUT2D eigenvalue weighted by Crippen LogP contribution is -2.43. The molecule has 0 spiro atoms. The number of anilines is 1. The molecule has 4 nitrogen and oxygen atoms in total. The van der Waals surface area contributed by atoms with Crippen LogP contribution in [0.5, 0.6) is 0 Å². The molecule has 1 fully saturated rings. The van der Waals surface area contributed by atoms with Crippen molar-refractivity contribution in [3.05, 3.63) is 29.8 Å². The minimum absolute atomic E-state index is 0.107. The highest BCUT2D eigenvalue weighted by molar-refractivity contribution is 5.92. The lowest BCUT2D eigenvalue weighted by molar-refractivity contribution is -0.137. The number of carbonyl (C=O) groups excluding carboxylic acids is 1. The minimum atomic E-state index is -4.42. The number of ether oxygens (including phenoxy) is 1. The summed E-state index contributed by atoms with van der Waals surface area (Å²) in [6.07, 6.45) is -2.41. The molecule has 2 rings (SSSR count). The highest BCUT2D eigenvalue weighted by Crippen LogP contribution is 2.30. The van der Waals surface area contributed by atoms with E-state index in [1.54, 1.807) is 7.11 Å². The number of benzene rings is 1. The van der Waals surface area contributed by atoms with Gasteiger partial charge in [0, 0.05) is 19.3 Å². The molecule has 0 bridgehead atoms. The van der Waals surface area contributed by atoms with Gasteiger partial charge in [0.25, 0.3) is 0 Å². The molecule has 1 aliphatic rings. The maximum atomic E-state index is 12.6. The van der Waals surface area contributed by atoms with Crippen LogP contribution in [0.4, 0.5) is 18.9 Å². The number of rotatable bonds is 4. The Morgan fingerprint density at radius 2 is 2.23 bits per heavy atom. The molecule has 22 heavy (non-hydrogen) atoms. The second kappa shape index (κ2) is 7.11. The summed E-state index contributed by atoms with van der Waals surface area (Å²) >= 11 is 0. The van der Waals surface area contributed by atoms with Crippen LogP contribution in [0, 0.1) is 0 Å². The van der Waals surface area contributed by atoms with Crippen molar-refractivity contribution < 1.29 is 22.7 Å². The molecule has 0 aliphatic carbocycles. The Hall–Kier alpha value is -1.60. The first-order valence-electron chi connectivity index (χ1n) is 7.11. The number of piperidine rings is 1. The third-order valence-corrected chi connectivity index (χ3v) is 3.64. The topological polar surface area (TPSA) is 41.6 Å². The summed E-state index contributed by atoms with van der Waals surface area (Å²) in [5.74, 6) is -0.323. The maximum Gasteiger partial charge on any atom is 0.416 e. The first-order chi connectivity index (χ1) is 10.4. The van der Waals surface area contributed by atoms with Crippen LogP contribution in [-0.4, -0.2) is 43.7 Å². The summed E-state index contributed by atoms with van der Waals surface area (Å²) in [6.45, 7) is 1.60. The monoisotopic (exact) mass is 316 g/mol. The number of hydrogen-bond acceptors (Lipinski definition) is 3. The van der Waals surface area contributed by atoms with Gasteiger partial charge >= 0.3 is 6.18 Å². The summed E-state index contributed by atoms with van der Waals surface area (Å²) < 4.78 is 43.2. The van der Waals surface area contributed by atoms with Crippen LogP contribution in [0.15, 0.2) is 24.3 Å². The second-order valence-electron chi connectivity index (χ2n) is 5.36. The van der Waals surface area contributed by atoms with Gasteiger partial charge in [-0.05, 0) is 37.6 Å². The molecule has 1 aliphatic heterocycles. The van der Waals surface area contributed by atoms with Gasteiger partial charge < -0.3 is 10.1 Å². The zero-order valence-electron chi connectivity index (χ0n) is 12.3. The van der Waals surface area contributed by atoms with E-state index in [1.807, 2.05) is 4.90 Å². The summed E-state index contributed by atoms with van der Waals surface area (Å²) in [7, 11) is 1.64. The molecule has 1 amide bonds. The van der Waals surface area contributed by atoms with Gasteiger partial charge in [-0.15, -0.1) is 0 Å². The van der Waals surface area contributed by atoms with Crippen LogP contribution >= 0.6 is 0 Å². The average Bonchev–Trinajstić information content (AvgIpc) is 2.46. The first-order valence-corrected chi connectivity index (χ1v) is 7.11. The number of nitrogens with zero attached hydrogens (tertiary/aromatic N) is 1. The van der Waals surface area contributed by atoms with Crippen molar-refractivity contribution in [1.82, 2.24) is 4.90 Å². The van der Waals surface area contributed by atoms with Crippen LogP contribution in [0.25, 0.3) is 0 Å². The number of hydrogen-bond donors (Lipinski definition) is 1. The van der Waals surface area contributed by atoms with Crippen molar-refractivity contribution in [1.29, 1.82) is 0 Å². The fourth-order valence-electron chi connectivity index (χ4n) is 2.53. The molecule has 1 atom stereocenters. The Balaban J connectivity index is 1.92. The number of methoxy groups -OCH3 is 1. The molecule has 1 aromatic carbocycles. The number of carbonyl (C=O) groups is 1. The number of halogens is 3. The van der Waals surface area contributed by atoms with Crippen LogP contribution in [0.3, 0.4) is 0 Å². The molecule has 1 aromatic rings. The van der Waals surface area contributed by atoms with Crippen molar-refractivity contribution >= 4 is 11.6 Å². The first kappa shape index (κ1) is 16.8. The van der Waals surface area contributed by atoms with E-state index in [1.165, 1.54) is 12.1 Å². The van der Waals surface area contributed by atoms with Crippen molar-refractivity contribution in [2.45, 2.75) is 25.1 Å². The van der Waals surface area contributed by atoms with Crippen molar-refractivity contribution in [2.24, 2.45) is 0 Å². The van der Waals surface area contributed by atoms with Gasteiger partial charge in [-0.3, -0.25) is 9.69 Å². The summed E-state index contributed by atoms with van der Waals surface area (Å²) in [4.78, 5) is 13.9. The van der Waals surface area contributed by atoms with Gasteiger partial charge in [-0.25, -0.2) is 0 Å². The molecule has 122 valence electrons. The number of amides is 1. The van der Waals surface area contributed by atoms with Crippen molar-refractivity contribution in [3.8, 4) is 0 Å². The van der Waals surface area contributed by atoms with Crippen molar-refractivity contribution in [3.63, 3.8) is 0 Å². The Morgan fingerprint density at radius 3 is 2.91 bits per heavy atom. The van der Waals surface area contributed by atoms with E-state index in [0.717, 1.165) is 31.5 Å². The average molecular weight is 316 g/mol. The van der Waals surface area contributed by atoms with Crippen LogP contribution in [0.1, 0.15) is 18.4 Å². The zero-order chi connectivity index (χ0) is 16.2. The molecule has 1 saturated heterocycles. The van der Waals surface area contributed by atoms with E-state index in [4.69, 9.17) is 4.74 Å². The van der Waals surface area contributed by atoms with Crippen LogP contribution in [-0.2, 0) is 15.7 Å². The van der Waals surface area contributed by atoms with E-state index in [2.05, 4.69) is 5.32 Å². The van der Waals surface area contributed by atoms with Gasteiger partial charge in [0.05, 0.1) is 18.2 Å². The highest BCUT2D eigenvalue weighted by atomic mass is 19.4. The van der Waals surface area contributed by atoms with Gasteiger partial charge in [-0.1, -0.05) is 6.07 Å². The summed E-state index contributed by atoms with van der Waals surface area (Å²) in [6, 6.07) is 4.64. The van der Waals surface area contributed by atoms with Crippen LogP contribution < -0.4 is 5.32 Å². The van der Waals surface area contributed by atoms with E-state index in [0.29, 0.717) is 6.54 Å². The lowest BCUT2D eigenvalue weighted by atomic mass is 10.1. The third-order valence-electron chi connectivity index (χ3n) is 3.64. The molecule has 1 heterocycles. The largest absolute Gasteiger partial charge is 0.416 e. The zero-order valence-corrected chi connectivity index (χ0v) is 12.3. The summed E-state index contributed by atoms with van der Waals surface area (Å²) in [5.41, 5.74) is -0.622. The van der Waals surface area contributed by atoms with E-state index in [9.17, 15) is 18.0 Å². The maximum absolute atomic E-state index is 12.6. The molecule has 1 unspecified atom stereocenters. The van der Waals surface area contributed by atoms with Crippen LogP contribution in [0.2, 0.25) is 0 Å². The lowest BCUT2D eigenvalue weighted by Gasteiger charge is -2.31.